The molecule has 0 N–H and O–H groups in total. The third-order valence-corrected chi connectivity index (χ3v) is 11.8. The van der Waals surface area contributed by atoms with E-state index in [-0.39, 0.29) is 0 Å². The summed E-state index contributed by atoms with van der Waals surface area (Å²) in [7, 11) is 5.50. The van der Waals surface area contributed by atoms with Gasteiger partial charge in [-0.3, -0.25) is 0 Å². The van der Waals surface area contributed by atoms with E-state index < -0.39 is 6.49 Å². The van der Waals surface area contributed by atoms with Crippen LogP contribution in [-0.2, 0) is 11.8 Å². The zero-order valence-electron chi connectivity index (χ0n) is 24.5. The first kappa shape index (κ1) is 29.0. The first-order valence-corrected chi connectivity index (χ1v) is 16.6. The Labute approximate surface area is 261 Å². The third-order valence-electron chi connectivity index (χ3n) is 7.06. The van der Waals surface area contributed by atoms with Crippen LogP contribution < -0.4 is 0 Å². The van der Waals surface area contributed by atoms with Crippen molar-refractivity contribution in [1.82, 2.24) is 29.3 Å². The predicted molar refractivity (Wildman–Crippen MR) is 186 cm³/mol. The van der Waals surface area contributed by atoms with Crippen molar-refractivity contribution in [2.45, 2.75) is 0 Å². The Morgan fingerprint density at radius 1 is 0.477 bits per heavy atom. The van der Waals surface area contributed by atoms with Crippen molar-refractivity contribution in [2.75, 3.05) is 21.1 Å². The van der Waals surface area contributed by atoms with Gasteiger partial charge in [-0.05, 0) is 48.2 Å². The lowest BCUT2D eigenvalue weighted by atomic mass is 10.2. The summed E-state index contributed by atoms with van der Waals surface area (Å²) in [4.78, 5) is 14.2. The number of nitrogens with zero attached hydrogens (tertiary/aromatic N) is 9. The fraction of sp³-hybridized carbons (Fsp3) is 0.0909. The minimum absolute atomic E-state index is 0.718. The van der Waals surface area contributed by atoms with E-state index in [1.807, 2.05) is 130 Å². The number of hydrogen-bond donors (Lipinski definition) is 0. The highest BCUT2D eigenvalue weighted by Gasteiger charge is 2.32. The summed E-state index contributed by atoms with van der Waals surface area (Å²) < 4.78 is 5.20. The van der Waals surface area contributed by atoms with Crippen LogP contribution in [0.4, 0.5) is 0 Å². The molecule has 0 fully saturated rings. The molecule has 0 atom stereocenters. The first-order valence-electron chi connectivity index (χ1n) is 13.9. The Morgan fingerprint density at radius 3 is 1.09 bits per heavy atom. The molecule has 9 nitrogen and oxygen atoms in total. The highest BCUT2D eigenvalue weighted by atomic mass is 32.4. The van der Waals surface area contributed by atoms with Gasteiger partial charge in [0.15, 0.2) is 0 Å². The minimum Gasteiger partial charge on any atom is -0.247 e. The lowest BCUT2D eigenvalue weighted by Gasteiger charge is -2.39. The van der Waals surface area contributed by atoms with Gasteiger partial charge in [-0.1, -0.05) is 72.8 Å². The van der Waals surface area contributed by atoms with E-state index in [0.29, 0.717) is 0 Å². The maximum atomic E-state index is 6.33. The average Bonchev–Trinajstić information content (AvgIpc) is 3.07. The Bertz CT molecular complexity index is 1860. The minimum atomic E-state index is -2.89. The molecule has 0 spiro atoms. The number of benzene rings is 3. The Morgan fingerprint density at radius 2 is 0.773 bits per heavy atom. The van der Waals surface area contributed by atoms with Gasteiger partial charge < -0.3 is 0 Å². The fourth-order valence-corrected chi connectivity index (χ4v) is 6.72. The van der Waals surface area contributed by atoms with Crippen LogP contribution in [0.5, 0.6) is 0 Å². The standard InChI is InChI=1S/C33H30N9PS/c1-40(34-22-28-19-16-25-10-4-7-13-31(25)37-28)43(44,41(2)35-23-29-20-17-26-11-5-8-14-32(26)38-29)42(3)36-24-30-21-18-27-12-6-9-15-33(27)39-30/h4-24H,1-3H3/b34-22-,35-23+,36-24+. The van der Waals surface area contributed by atoms with E-state index in [2.05, 4.69) is 0 Å². The molecule has 0 saturated carbocycles. The van der Waals surface area contributed by atoms with E-state index >= 15 is 0 Å². The van der Waals surface area contributed by atoms with Gasteiger partial charge in [0.1, 0.15) is 0 Å². The summed E-state index contributed by atoms with van der Waals surface area (Å²) in [6.45, 7) is -2.89. The quantitative estimate of drug-likeness (QED) is 0.101. The second-order valence-electron chi connectivity index (χ2n) is 10.0. The second-order valence-corrected chi connectivity index (χ2v) is 14.2. The molecule has 218 valence electrons. The van der Waals surface area contributed by atoms with Crippen LogP contribution in [0.25, 0.3) is 32.7 Å². The van der Waals surface area contributed by atoms with Crippen LogP contribution in [0, 0.1) is 0 Å². The van der Waals surface area contributed by atoms with Crippen molar-refractivity contribution in [1.29, 1.82) is 0 Å². The van der Waals surface area contributed by atoms with E-state index in [9.17, 15) is 0 Å². The van der Waals surface area contributed by atoms with Crippen molar-refractivity contribution in [3.8, 4) is 0 Å². The molecule has 6 rings (SSSR count). The predicted octanol–water partition coefficient (Wildman–Crippen LogP) is 6.75. The van der Waals surface area contributed by atoms with Crippen LogP contribution in [0.2, 0.25) is 0 Å². The van der Waals surface area contributed by atoms with Gasteiger partial charge in [-0.2, -0.15) is 15.3 Å². The topological polar surface area (TPSA) is 85.5 Å². The van der Waals surface area contributed by atoms with Gasteiger partial charge in [0.25, 0.3) is 6.49 Å². The molecule has 3 heterocycles. The zero-order valence-corrected chi connectivity index (χ0v) is 26.2. The van der Waals surface area contributed by atoms with E-state index in [1.165, 1.54) is 0 Å². The molecule has 0 aliphatic carbocycles. The SMILES string of the molecule is CN(/N=C\c1ccc2ccccc2n1)P(=S)(N(C)/N=C/c1ccc2ccccc2n1)N(C)/N=C/c1ccc2ccccc2n1. The van der Waals surface area contributed by atoms with Crippen molar-refractivity contribution >= 4 is 69.6 Å². The molecule has 0 amide bonds. The van der Waals surface area contributed by atoms with E-state index in [4.69, 9.17) is 42.1 Å². The molecule has 3 aromatic heterocycles. The van der Waals surface area contributed by atoms with Gasteiger partial charge in [0, 0.05) is 37.3 Å². The number of aromatic nitrogens is 3. The maximum Gasteiger partial charge on any atom is 0.265 e. The Kier molecular flexibility index (Phi) is 8.36. The summed E-state index contributed by atoms with van der Waals surface area (Å²) in [6, 6.07) is 35.8. The summed E-state index contributed by atoms with van der Waals surface area (Å²) >= 11 is 6.33. The first-order chi connectivity index (χ1) is 21.4. The van der Waals surface area contributed by atoms with Gasteiger partial charge >= 0.3 is 0 Å². The lowest BCUT2D eigenvalue weighted by Crippen LogP contribution is -2.29. The number of fused-ring (bicyclic) bond motifs is 3. The molecular weight excluding hydrogens is 585 g/mol. The van der Waals surface area contributed by atoms with Crippen molar-refractivity contribution in [2.24, 2.45) is 15.3 Å². The highest BCUT2D eigenvalue weighted by molar-refractivity contribution is 8.11. The van der Waals surface area contributed by atoms with Crippen LogP contribution in [-0.4, -0.2) is 69.1 Å². The molecule has 6 aromatic rings. The van der Waals surface area contributed by atoms with Crippen molar-refractivity contribution < 1.29 is 0 Å². The van der Waals surface area contributed by atoms with Crippen LogP contribution in [0.1, 0.15) is 17.1 Å². The van der Waals surface area contributed by atoms with Crippen molar-refractivity contribution in [3.63, 3.8) is 0 Å². The molecular formula is C33H30N9PS. The van der Waals surface area contributed by atoms with Gasteiger partial charge in [-0.15, -0.1) is 0 Å². The van der Waals surface area contributed by atoms with E-state index in [1.54, 1.807) is 33.0 Å². The molecule has 44 heavy (non-hydrogen) atoms. The smallest absolute Gasteiger partial charge is 0.247 e. The van der Waals surface area contributed by atoms with Gasteiger partial charge in [0.2, 0.25) is 0 Å². The largest absolute Gasteiger partial charge is 0.265 e. The molecule has 0 aliphatic heterocycles. The molecule has 0 saturated heterocycles. The fourth-order valence-electron chi connectivity index (χ4n) is 4.65. The van der Waals surface area contributed by atoms with Crippen LogP contribution >= 0.6 is 6.49 Å². The monoisotopic (exact) mass is 615 g/mol. The Hall–Kier alpha value is -5.05. The van der Waals surface area contributed by atoms with Gasteiger partial charge in [-0.25, -0.2) is 29.3 Å². The second kappa shape index (κ2) is 12.7. The summed E-state index contributed by atoms with van der Waals surface area (Å²) in [5, 5.41) is 17.4. The summed E-state index contributed by atoms with van der Waals surface area (Å²) in [5.41, 5.74) is 4.84. The van der Waals surface area contributed by atoms with E-state index in [0.717, 1.165) is 49.8 Å². The average molecular weight is 616 g/mol. The third kappa shape index (κ3) is 6.17. The van der Waals surface area contributed by atoms with Gasteiger partial charge in [0.05, 0.1) is 52.3 Å². The number of pyridine rings is 3. The lowest BCUT2D eigenvalue weighted by molar-refractivity contribution is 0.417. The maximum absolute atomic E-state index is 6.33. The van der Waals surface area contributed by atoms with Crippen molar-refractivity contribution in [3.05, 3.63) is 126 Å². The molecule has 0 radical (unpaired) electrons. The summed E-state index contributed by atoms with van der Waals surface area (Å²) in [6.07, 6.45) is 5.12. The molecule has 0 bridgehead atoms. The molecule has 11 heteroatoms. The highest BCUT2D eigenvalue weighted by Crippen LogP contribution is 2.55. The Balaban J connectivity index is 1.31. The normalized spacial score (nSPS) is 12.2. The number of para-hydroxylation sites is 3. The van der Waals surface area contributed by atoms with Crippen LogP contribution in [0.15, 0.2) is 124 Å². The molecule has 0 unspecified atom stereocenters. The van der Waals surface area contributed by atoms with Crippen LogP contribution in [0.3, 0.4) is 0 Å². The summed E-state index contributed by atoms with van der Waals surface area (Å²) in [5.74, 6) is 0. The zero-order chi connectivity index (χ0) is 30.5. The molecule has 3 aromatic carbocycles. The number of hydrazone groups is 3. The number of hydrogen-bond acceptors (Lipinski definition) is 7. The molecule has 0 aliphatic rings. The number of rotatable bonds is 9.